The molecule has 0 aliphatic carbocycles. The van der Waals surface area contributed by atoms with Crippen molar-refractivity contribution in [2.45, 2.75) is 10.9 Å². The van der Waals surface area contributed by atoms with Crippen LogP contribution in [0.2, 0.25) is 0 Å². The van der Waals surface area contributed by atoms with Crippen LogP contribution >= 0.6 is 11.8 Å². The normalized spacial score (nSPS) is 21.6. The molecule has 1 heterocycles. The lowest BCUT2D eigenvalue weighted by Gasteiger charge is -2.01. The molecule has 0 radical (unpaired) electrons. The zero-order valence-electron chi connectivity index (χ0n) is 6.60. The summed E-state index contributed by atoms with van der Waals surface area (Å²) in [6.45, 7) is 0. The van der Waals surface area contributed by atoms with Crippen LogP contribution in [-0.4, -0.2) is 18.0 Å². The Kier molecular flexibility index (Phi) is 2.15. The van der Waals surface area contributed by atoms with E-state index in [1.807, 2.05) is 24.4 Å². The Balaban J connectivity index is 2.39. The second-order valence-electron chi connectivity index (χ2n) is 2.72. The Hall–Kier alpha value is -0.800. The lowest BCUT2D eigenvalue weighted by atomic mass is 10.3. The number of fused-ring (bicyclic) bond motifs is 1. The van der Waals surface area contributed by atoms with E-state index in [0.29, 0.717) is 0 Å². The van der Waals surface area contributed by atoms with Crippen molar-refractivity contribution in [1.82, 2.24) is 0 Å². The zero-order chi connectivity index (χ0) is 8.39. The van der Waals surface area contributed by atoms with Crippen molar-refractivity contribution in [2.75, 3.05) is 5.75 Å². The van der Waals surface area contributed by atoms with Crippen molar-refractivity contribution in [1.29, 1.82) is 0 Å². The van der Waals surface area contributed by atoms with Gasteiger partial charge in [-0.3, -0.25) is 4.99 Å². The molecule has 0 saturated heterocycles. The first kappa shape index (κ1) is 7.83. The fraction of sp³-hybridized carbons (Fsp3) is 0.222. The number of hydrogen-bond donors (Lipinski definition) is 1. The maximum atomic E-state index is 5.74. The second-order valence-corrected chi connectivity index (χ2v) is 3.78. The van der Waals surface area contributed by atoms with Crippen LogP contribution in [0.25, 0.3) is 0 Å². The molecule has 2 N–H and O–H groups in total. The van der Waals surface area contributed by atoms with Gasteiger partial charge in [0.15, 0.2) is 0 Å². The lowest BCUT2D eigenvalue weighted by molar-refractivity contribution is 1.01. The highest BCUT2D eigenvalue weighted by atomic mass is 32.2. The summed E-state index contributed by atoms with van der Waals surface area (Å²) in [4.78, 5) is 5.52. The molecular weight excluding hydrogens is 168 g/mol. The zero-order valence-corrected chi connectivity index (χ0v) is 7.42. The highest BCUT2D eigenvalue weighted by molar-refractivity contribution is 7.99. The van der Waals surface area contributed by atoms with Gasteiger partial charge in [-0.05, 0) is 12.1 Å². The van der Waals surface area contributed by atoms with E-state index in [1.54, 1.807) is 11.8 Å². The summed E-state index contributed by atoms with van der Waals surface area (Å²) in [5, 5.41) is 0. The van der Waals surface area contributed by atoms with E-state index in [2.05, 4.69) is 11.1 Å². The maximum Gasteiger partial charge on any atom is 0.0762 e. The largest absolute Gasteiger partial charge is 0.322 e. The van der Waals surface area contributed by atoms with Crippen LogP contribution in [0, 0.1) is 0 Å². The van der Waals surface area contributed by atoms with Crippen LogP contribution in [0.4, 0.5) is 5.69 Å². The maximum absolute atomic E-state index is 5.74. The summed E-state index contributed by atoms with van der Waals surface area (Å²) in [5.41, 5.74) is 6.78. The van der Waals surface area contributed by atoms with Gasteiger partial charge in [0.1, 0.15) is 0 Å². The summed E-state index contributed by atoms with van der Waals surface area (Å²) in [6.07, 6.45) is 1.82. The fourth-order valence-electron chi connectivity index (χ4n) is 1.09. The lowest BCUT2D eigenvalue weighted by Crippen LogP contribution is -2.23. The van der Waals surface area contributed by atoms with E-state index in [0.717, 1.165) is 11.4 Å². The smallest absolute Gasteiger partial charge is 0.0762 e. The molecule has 0 saturated carbocycles. The van der Waals surface area contributed by atoms with Crippen LogP contribution in [0.5, 0.6) is 0 Å². The molecule has 1 aliphatic heterocycles. The van der Waals surface area contributed by atoms with Crippen LogP contribution in [0.15, 0.2) is 34.2 Å². The average Bonchev–Trinajstić information content (AvgIpc) is 2.29. The van der Waals surface area contributed by atoms with Gasteiger partial charge in [-0.2, -0.15) is 0 Å². The Bertz CT molecular complexity index is 309. The third kappa shape index (κ3) is 1.52. The molecule has 1 aromatic carbocycles. The van der Waals surface area contributed by atoms with Gasteiger partial charge in [-0.1, -0.05) is 12.1 Å². The Morgan fingerprint density at radius 2 is 2.25 bits per heavy atom. The number of rotatable bonds is 0. The number of aliphatic imine (C=N–C) groups is 1. The molecule has 1 unspecified atom stereocenters. The number of nitrogens with zero attached hydrogens (tertiary/aromatic N) is 1. The highest BCUT2D eigenvalue weighted by Gasteiger charge is 2.07. The number of para-hydroxylation sites is 1. The van der Waals surface area contributed by atoms with E-state index >= 15 is 0 Å². The van der Waals surface area contributed by atoms with Gasteiger partial charge in [0, 0.05) is 22.9 Å². The third-order valence-electron chi connectivity index (χ3n) is 1.70. The van der Waals surface area contributed by atoms with Gasteiger partial charge in [-0.25, -0.2) is 0 Å². The second kappa shape index (κ2) is 3.29. The van der Waals surface area contributed by atoms with Crippen molar-refractivity contribution in [3.63, 3.8) is 0 Å². The molecule has 1 aromatic rings. The van der Waals surface area contributed by atoms with Gasteiger partial charge >= 0.3 is 0 Å². The Morgan fingerprint density at radius 1 is 1.42 bits per heavy atom. The first-order valence-corrected chi connectivity index (χ1v) is 4.86. The SMILES string of the molecule is NC1C=Nc2ccccc2SC1. The Labute approximate surface area is 75.9 Å². The van der Waals surface area contributed by atoms with Gasteiger partial charge < -0.3 is 5.73 Å². The quantitative estimate of drug-likeness (QED) is 0.658. The van der Waals surface area contributed by atoms with Crippen molar-refractivity contribution in [3.8, 4) is 0 Å². The van der Waals surface area contributed by atoms with Crippen LogP contribution < -0.4 is 5.73 Å². The monoisotopic (exact) mass is 178 g/mol. The summed E-state index contributed by atoms with van der Waals surface area (Å²) in [6, 6.07) is 8.19. The summed E-state index contributed by atoms with van der Waals surface area (Å²) >= 11 is 1.77. The number of thioether (sulfide) groups is 1. The van der Waals surface area contributed by atoms with Crippen molar-refractivity contribution < 1.29 is 0 Å². The fourth-order valence-corrected chi connectivity index (χ4v) is 1.99. The van der Waals surface area contributed by atoms with E-state index in [9.17, 15) is 0 Å². The van der Waals surface area contributed by atoms with E-state index in [-0.39, 0.29) is 6.04 Å². The highest BCUT2D eigenvalue weighted by Crippen LogP contribution is 2.30. The molecule has 2 rings (SSSR count). The molecule has 12 heavy (non-hydrogen) atoms. The topological polar surface area (TPSA) is 38.4 Å². The predicted octanol–water partition coefficient (Wildman–Crippen LogP) is 1.82. The van der Waals surface area contributed by atoms with Gasteiger partial charge in [0.25, 0.3) is 0 Å². The molecule has 0 aromatic heterocycles. The number of nitrogens with two attached hydrogens (primary N) is 1. The van der Waals surface area contributed by atoms with E-state index in [1.165, 1.54) is 4.90 Å². The van der Waals surface area contributed by atoms with Crippen LogP contribution in [0.1, 0.15) is 0 Å². The molecule has 2 nitrogen and oxygen atoms in total. The molecule has 1 atom stereocenters. The minimum absolute atomic E-state index is 0.0856. The molecule has 0 spiro atoms. The van der Waals surface area contributed by atoms with Gasteiger partial charge in [0.05, 0.1) is 5.69 Å². The predicted molar refractivity (Wildman–Crippen MR) is 53.3 cm³/mol. The van der Waals surface area contributed by atoms with Crippen LogP contribution in [0.3, 0.4) is 0 Å². The summed E-state index contributed by atoms with van der Waals surface area (Å²) < 4.78 is 0. The molecule has 0 amide bonds. The van der Waals surface area contributed by atoms with Gasteiger partial charge in [0.2, 0.25) is 0 Å². The molecule has 1 aliphatic rings. The van der Waals surface area contributed by atoms with Crippen LogP contribution in [-0.2, 0) is 0 Å². The summed E-state index contributed by atoms with van der Waals surface area (Å²) in [5.74, 6) is 0.917. The van der Waals surface area contributed by atoms with Gasteiger partial charge in [-0.15, -0.1) is 11.8 Å². The standard InChI is InChI=1S/C9H10N2S/c10-7-5-11-8-3-1-2-4-9(8)12-6-7/h1-5,7H,6,10H2. The molecule has 62 valence electrons. The third-order valence-corrected chi connectivity index (χ3v) is 2.91. The molecule has 0 bridgehead atoms. The van der Waals surface area contributed by atoms with Crippen molar-refractivity contribution in [3.05, 3.63) is 24.3 Å². The molecular formula is C9H10N2S. The first-order valence-electron chi connectivity index (χ1n) is 3.88. The van der Waals surface area contributed by atoms with Crippen molar-refractivity contribution in [2.24, 2.45) is 10.7 Å². The minimum atomic E-state index is 0.0856. The summed E-state index contributed by atoms with van der Waals surface area (Å²) in [7, 11) is 0. The molecule has 3 heteroatoms. The van der Waals surface area contributed by atoms with Crippen molar-refractivity contribution >= 4 is 23.7 Å². The van der Waals surface area contributed by atoms with E-state index in [4.69, 9.17) is 5.73 Å². The Morgan fingerprint density at radius 3 is 3.17 bits per heavy atom. The number of hydrogen-bond acceptors (Lipinski definition) is 3. The molecule has 0 fully saturated rings. The minimum Gasteiger partial charge on any atom is -0.322 e. The average molecular weight is 178 g/mol. The number of benzene rings is 1. The first-order chi connectivity index (χ1) is 5.86. The van der Waals surface area contributed by atoms with E-state index < -0.39 is 0 Å².